The van der Waals surface area contributed by atoms with Crippen molar-refractivity contribution in [2.75, 3.05) is 18.1 Å². The van der Waals surface area contributed by atoms with Gasteiger partial charge >= 0.3 is 0 Å². The summed E-state index contributed by atoms with van der Waals surface area (Å²) in [5.74, 6) is 0.485. The SMILES string of the molecule is CCC(N)C(c1ccsc1)N1CCS(=O)(=O)CC1C. The van der Waals surface area contributed by atoms with E-state index in [1.165, 1.54) is 5.56 Å². The topological polar surface area (TPSA) is 63.4 Å². The number of thiophene rings is 1. The highest BCUT2D eigenvalue weighted by atomic mass is 32.2. The zero-order chi connectivity index (χ0) is 14.0. The van der Waals surface area contributed by atoms with E-state index in [9.17, 15) is 8.42 Å². The molecule has 2 heterocycles. The first-order chi connectivity index (χ1) is 8.94. The Morgan fingerprint density at radius 1 is 1.58 bits per heavy atom. The van der Waals surface area contributed by atoms with Crippen molar-refractivity contribution in [1.29, 1.82) is 0 Å². The van der Waals surface area contributed by atoms with E-state index in [2.05, 4.69) is 28.7 Å². The van der Waals surface area contributed by atoms with E-state index >= 15 is 0 Å². The molecule has 0 aliphatic carbocycles. The summed E-state index contributed by atoms with van der Waals surface area (Å²) in [7, 11) is -2.88. The molecule has 108 valence electrons. The van der Waals surface area contributed by atoms with E-state index in [-0.39, 0.29) is 29.6 Å². The van der Waals surface area contributed by atoms with Crippen molar-refractivity contribution in [1.82, 2.24) is 4.90 Å². The molecule has 3 atom stereocenters. The van der Waals surface area contributed by atoms with Gasteiger partial charge in [-0.15, -0.1) is 0 Å². The summed E-state index contributed by atoms with van der Waals surface area (Å²) in [6.45, 7) is 4.64. The lowest BCUT2D eigenvalue weighted by Gasteiger charge is -2.41. The summed E-state index contributed by atoms with van der Waals surface area (Å²) in [6.07, 6.45) is 0.885. The summed E-state index contributed by atoms with van der Waals surface area (Å²) >= 11 is 1.66. The van der Waals surface area contributed by atoms with Crippen LogP contribution in [0.3, 0.4) is 0 Å². The first kappa shape index (κ1) is 15.0. The molecule has 2 rings (SSSR count). The van der Waals surface area contributed by atoms with Crippen LogP contribution in [0.2, 0.25) is 0 Å². The van der Waals surface area contributed by atoms with Crippen molar-refractivity contribution in [3.8, 4) is 0 Å². The highest BCUT2D eigenvalue weighted by Gasteiger charge is 2.35. The monoisotopic (exact) mass is 302 g/mol. The maximum atomic E-state index is 11.7. The second-order valence-corrected chi connectivity index (χ2v) is 8.28. The maximum absolute atomic E-state index is 11.7. The van der Waals surface area contributed by atoms with E-state index in [4.69, 9.17) is 5.73 Å². The van der Waals surface area contributed by atoms with Crippen LogP contribution in [0.5, 0.6) is 0 Å². The maximum Gasteiger partial charge on any atom is 0.153 e. The van der Waals surface area contributed by atoms with Gasteiger partial charge in [-0.05, 0) is 35.7 Å². The van der Waals surface area contributed by atoms with Crippen molar-refractivity contribution in [3.63, 3.8) is 0 Å². The Morgan fingerprint density at radius 2 is 2.32 bits per heavy atom. The van der Waals surface area contributed by atoms with Gasteiger partial charge in [-0.3, -0.25) is 4.90 Å². The second kappa shape index (κ2) is 5.91. The van der Waals surface area contributed by atoms with Crippen LogP contribution >= 0.6 is 11.3 Å². The zero-order valence-corrected chi connectivity index (χ0v) is 13.1. The van der Waals surface area contributed by atoms with Crippen LogP contribution in [-0.2, 0) is 9.84 Å². The molecule has 1 aliphatic heterocycles. The Labute approximate surface area is 119 Å². The molecule has 4 nitrogen and oxygen atoms in total. The fraction of sp³-hybridized carbons (Fsp3) is 0.692. The Morgan fingerprint density at radius 3 is 2.84 bits per heavy atom. The van der Waals surface area contributed by atoms with Crippen molar-refractivity contribution in [3.05, 3.63) is 22.4 Å². The molecule has 1 aromatic rings. The summed E-state index contributed by atoms with van der Waals surface area (Å²) in [6, 6.07) is 2.29. The molecule has 1 aliphatic rings. The van der Waals surface area contributed by atoms with Crippen LogP contribution in [0.4, 0.5) is 0 Å². The highest BCUT2D eigenvalue weighted by molar-refractivity contribution is 7.91. The fourth-order valence-electron chi connectivity index (χ4n) is 2.78. The first-order valence-corrected chi connectivity index (χ1v) is 9.45. The van der Waals surface area contributed by atoms with Gasteiger partial charge in [0.05, 0.1) is 17.5 Å². The van der Waals surface area contributed by atoms with Gasteiger partial charge in [0.15, 0.2) is 9.84 Å². The third-order valence-electron chi connectivity index (χ3n) is 3.84. The van der Waals surface area contributed by atoms with Crippen molar-refractivity contribution in [2.24, 2.45) is 5.73 Å². The standard InChI is InChI=1S/C13H22N2O2S2/c1-3-12(14)13(11-4-6-18-8-11)15-5-7-19(16,17)9-10(15)2/h4,6,8,10,12-13H,3,5,7,9,14H2,1-2H3. The number of hydrogen-bond donors (Lipinski definition) is 1. The van der Waals surface area contributed by atoms with Gasteiger partial charge in [0, 0.05) is 18.6 Å². The molecule has 19 heavy (non-hydrogen) atoms. The second-order valence-electron chi connectivity index (χ2n) is 5.27. The third-order valence-corrected chi connectivity index (χ3v) is 6.34. The molecule has 0 saturated carbocycles. The molecule has 0 radical (unpaired) electrons. The lowest BCUT2D eigenvalue weighted by molar-refractivity contribution is 0.134. The molecule has 0 aromatic carbocycles. The summed E-state index contributed by atoms with van der Waals surface area (Å²) in [4.78, 5) is 2.26. The first-order valence-electron chi connectivity index (χ1n) is 6.68. The van der Waals surface area contributed by atoms with Crippen molar-refractivity contribution < 1.29 is 8.42 Å². The van der Waals surface area contributed by atoms with E-state index in [1.54, 1.807) is 11.3 Å². The Bertz CT molecular complexity index is 499. The quantitative estimate of drug-likeness (QED) is 0.918. The summed E-state index contributed by atoms with van der Waals surface area (Å²) in [5, 5.41) is 4.17. The molecule has 0 bridgehead atoms. The largest absolute Gasteiger partial charge is 0.326 e. The number of nitrogens with zero attached hydrogens (tertiary/aromatic N) is 1. The minimum absolute atomic E-state index is 0.0289. The smallest absolute Gasteiger partial charge is 0.153 e. The Hall–Kier alpha value is -0.430. The van der Waals surface area contributed by atoms with E-state index < -0.39 is 9.84 Å². The molecule has 2 N–H and O–H groups in total. The van der Waals surface area contributed by atoms with Crippen molar-refractivity contribution >= 4 is 21.2 Å². The Balaban J connectivity index is 2.25. The molecular weight excluding hydrogens is 280 g/mol. The predicted molar refractivity (Wildman–Crippen MR) is 80.1 cm³/mol. The normalized spacial score (nSPS) is 27.0. The van der Waals surface area contributed by atoms with Gasteiger partial charge < -0.3 is 5.73 Å². The molecule has 0 spiro atoms. The summed E-state index contributed by atoms with van der Waals surface area (Å²) < 4.78 is 23.4. The molecule has 1 saturated heterocycles. The molecule has 6 heteroatoms. The lowest BCUT2D eigenvalue weighted by Crippen LogP contribution is -2.52. The number of nitrogens with two attached hydrogens (primary N) is 1. The van der Waals surface area contributed by atoms with Crippen LogP contribution in [0, 0.1) is 0 Å². The lowest BCUT2D eigenvalue weighted by atomic mass is 9.97. The zero-order valence-electron chi connectivity index (χ0n) is 11.5. The van der Waals surface area contributed by atoms with Gasteiger partial charge in [0.1, 0.15) is 0 Å². The molecular formula is C13H22N2O2S2. The highest BCUT2D eigenvalue weighted by Crippen LogP contribution is 2.30. The van der Waals surface area contributed by atoms with Gasteiger partial charge in [0.2, 0.25) is 0 Å². The van der Waals surface area contributed by atoms with Gasteiger partial charge in [0.25, 0.3) is 0 Å². The minimum atomic E-state index is -2.88. The summed E-state index contributed by atoms with van der Waals surface area (Å²) in [5.41, 5.74) is 7.50. The van der Waals surface area contributed by atoms with Crippen LogP contribution in [-0.4, -0.2) is 43.5 Å². The van der Waals surface area contributed by atoms with Crippen LogP contribution in [0.1, 0.15) is 31.9 Å². The molecule has 0 amide bonds. The van der Waals surface area contributed by atoms with Gasteiger partial charge in [-0.2, -0.15) is 11.3 Å². The third kappa shape index (κ3) is 3.37. The fourth-order valence-corrected chi connectivity index (χ4v) is 5.05. The van der Waals surface area contributed by atoms with Crippen LogP contribution in [0.15, 0.2) is 16.8 Å². The average Bonchev–Trinajstić information content (AvgIpc) is 2.84. The number of sulfone groups is 1. The van der Waals surface area contributed by atoms with E-state index in [1.807, 2.05) is 6.92 Å². The van der Waals surface area contributed by atoms with Crippen LogP contribution < -0.4 is 5.73 Å². The van der Waals surface area contributed by atoms with E-state index in [0.29, 0.717) is 6.54 Å². The molecule has 3 unspecified atom stereocenters. The minimum Gasteiger partial charge on any atom is -0.326 e. The number of rotatable bonds is 4. The average molecular weight is 302 g/mol. The molecule has 1 aromatic heterocycles. The van der Waals surface area contributed by atoms with Crippen LogP contribution in [0.25, 0.3) is 0 Å². The Kier molecular flexibility index (Phi) is 4.66. The van der Waals surface area contributed by atoms with E-state index in [0.717, 1.165) is 6.42 Å². The van der Waals surface area contributed by atoms with Gasteiger partial charge in [-0.1, -0.05) is 6.92 Å². The molecule has 1 fully saturated rings. The van der Waals surface area contributed by atoms with Gasteiger partial charge in [-0.25, -0.2) is 8.42 Å². The van der Waals surface area contributed by atoms with Crippen molar-refractivity contribution in [2.45, 2.75) is 38.4 Å². The predicted octanol–water partition coefficient (Wildman–Crippen LogP) is 1.65. The number of hydrogen-bond acceptors (Lipinski definition) is 5.